The Bertz CT molecular complexity index is 432. The van der Waals surface area contributed by atoms with Crippen LogP contribution in [0.25, 0.3) is 0 Å². The molecule has 0 aromatic carbocycles. The topological polar surface area (TPSA) is 92.4 Å². The molecule has 4 N–H and O–H groups in total. The minimum atomic E-state index is -0.559. The lowest BCUT2D eigenvalue weighted by atomic mass is 10.3. The molecule has 0 aliphatic heterocycles. The molecule has 0 saturated carbocycles. The summed E-state index contributed by atoms with van der Waals surface area (Å²) >= 11 is 2.61. The number of thioether (sulfide) groups is 1. The van der Waals surface area contributed by atoms with E-state index in [2.05, 4.69) is 5.32 Å². The molecule has 100 valence electrons. The Hall–Kier alpha value is -1.05. The first-order valence-electron chi connectivity index (χ1n) is 5.38. The van der Waals surface area contributed by atoms with Gasteiger partial charge in [0.05, 0.1) is 17.4 Å². The Morgan fingerprint density at radius 2 is 2.22 bits per heavy atom. The fraction of sp³-hybridized carbons (Fsp3) is 0.455. The molecule has 2 atom stereocenters. The normalized spacial score (nSPS) is 13.9. The Labute approximate surface area is 114 Å². The number of thiophene rings is 1. The van der Waals surface area contributed by atoms with Crippen molar-refractivity contribution in [3.8, 4) is 0 Å². The lowest BCUT2D eigenvalue weighted by Gasteiger charge is -2.13. The number of nitrogens with one attached hydrogen (secondary N) is 1. The number of aliphatic hydroxyl groups is 1. The van der Waals surface area contributed by atoms with Crippen LogP contribution in [-0.2, 0) is 4.79 Å². The van der Waals surface area contributed by atoms with E-state index >= 15 is 0 Å². The molecule has 1 heterocycles. The summed E-state index contributed by atoms with van der Waals surface area (Å²) in [6.45, 7) is 3.53. The van der Waals surface area contributed by atoms with E-state index in [1.165, 1.54) is 23.1 Å². The van der Waals surface area contributed by atoms with Gasteiger partial charge < -0.3 is 16.2 Å². The van der Waals surface area contributed by atoms with E-state index in [1.807, 2.05) is 6.92 Å². The number of anilines is 1. The van der Waals surface area contributed by atoms with Crippen molar-refractivity contribution in [2.75, 3.05) is 11.1 Å². The van der Waals surface area contributed by atoms with Gasteiger partial charge in [0.15, 0.2) is 0 Å². The molecule has 0 bridgehead atoms. The Morgan fingerprint density at radius 1 is 1.56 bits per heavy atom. The van der Waals surface area contributed by atoms with Gasteiger partial charge in [-0.25, -0.2) is 0 Å². The summed E-state index contributed by atoms with van der Waals surface area (Å²) in [5, 5.41) is 14.1. The maximum absolute atomic E-state index is 11.7. The first-order valence-corrected chi connectivity index (χ1v) is 7.31. The van der Waals surface area contributed by atoms with Gasteiger partial charge in [-0.15, -0.1) is 23.1 Å². The van der Waals surface area contributed by atoms with Crippen LogP contribution in [0.5, 0.6) is 0 Å². The Morgan fingerprint density at radius 3 is 2.78 bits per heavy atom. The van der Waals surface area contributed by atoms with Crippen molar-refractivity contribution in [1.82, 2.24) is 0 Å². The van der Waals surface area contributed by atoms with E-state index in [9.17, 15) is 14.7 Å². The summed E-state index contributed by atoms with van der Waals surface area (Å²) in [4.78, 5) is 22.7. The van der Waals surface area contributed by atoms with E-state index in [4.69, 9.17) is 5.73 Å². The number of nitrogens with two attached hydrogens (primary N) is 1. The van der Waals surface area contributed by atoms with Crippen molar-refractivity contribution in [2.24, 2.45) is 5.73 Å². The van der Waals surface area contributed by atoms with E-state index in [1.54, 1.807) is 18.4 Å². The van der Waals surface area contributed by atoms with Crippen molar-refractivity contribution in [3.63, 3.8) is 0 Å². The Balaban J connectivity index is 2.50. The number of carbonyl (C=O) groups is 2. The van der Waals surface area contributed by atoms with Crippen molar-refractivity contribution < 1.29 is 14.7 Å². The third-order valence-electron chi connectivity index (χ3n) is 2.34. The van der Waals surface area contributed by atoms with Crippen LogP contribution in [-0.4, -0.2) is 34.0 Å². The van der Waals surface area contributed by atoms with Crippen molar-refractivity contribution >= 4 is 39.9 Å². The molecule has 0 aliphatic rings. The van der Waals surface area contributed by atoms with Gasteiger partial charge in [0.1, 0.15) is 5.00 Å². The molecule has 18 heavy (non-hydrogen) atoms. The predicted molar refractivity (Wildman–Crippen MR) is 75.1 cm³/mol. The molecule has 1 aromatic rings. The van der Waals surface area contributed by atoms with Gasteiger partial charge in [0.25, 0.3) is 5.91 Å². The van der Waals surface area contributed by atoms with E-state index < -0.39 is 12.0 Å². The molecule has 0 saturated heterocycles. The molecule has 2 amide bonds. The zero-order valence-corrected chi connectivity index (χ0v) is 11.8. The zero-order chi connectivity index (χ0) is 13.7. The standard InChI is InChI=1S/C11H16N2O3S2/c1-6(14)7(2)18-5-9(15)13-11-8(10(12)16)3-4-17-11/h3-4,6-7,14H,5H2,1-2H3,(H2,12,16)(H,13,15). The van der Waals surface area contributed by atoms with Crippen LogP contribution in [0.3, 0.4) is 0 Å². The third-order valence-corrected chi connectivity index (χ3v) is 4.52. The quantitative estimate of drug-likeness (QED) is 0.735. The lowest BCUT2D eigenvalue weighted by molar-refractivity contribution is -0.113. The van der Waals surface area contributed by atoms with Gasteiger partial charge in [-0.3, -0.25) is 9.59 Å². The van der Waals surface area contributed by atoms with Gasteiger partial charge in [-0.05, 0) is 18.4 Å². The fourth-order valence-electron chi connectivity index (χ4n) is 1.11. The maximum atomic E-state index is 11.7. The second-order valence-corrected chi connectivity index (χ2v) is 6.11. The average Bonchev–Trinajstić information content (AvgIpc) is 2.73. The number of amides is 2. The minimum Gasteiger partial charge on any atom is -0.392 e. The van der Waals surface area contributed by atoms with Gasteiger partial charge >= 0.3 is 0 Å². The molecule has 5 nitrogen and oxygen atoms in total. The molecule has 0 fully saturated rings. The molecule has 1 aromatic heterocycles. The Kier molecular flexibility index (Phi) is 5.64. The SMILES string of the molecule is CC(O)C(C)SCC(=O)Nc1sccc1C(N)=O. The highest BCUT2D eigenvalue weighted by Crippen LogP contribution is 2.23. The number of aliphatic hydroxyl groups excluding tert-OH is 1. The summed E-state index contributed by atoms with van der Waals surface area (Å²) in [6.07, 6.45) is -0.467. The van der Waals surface area contributed by atoms with Crippen molar-refractivity contribution in [3.05, 3.63) is 17.0 Å². The monoisotopic (exact) mass is 288 g/mol. The summed E-state index contributed by atoms with van der Waals surface area (Å²) in [6, 6.07) is 1.58. The number of carbonyl (C=O) groups excluding carboxylic acids is 2. The molecule has 0 radical (unpaired) electrons. The smallest absolute Gasteiger partial charge is 0.251 e. The molecular weight excluding hydrogens is 272 g/mol. The second-order valence-electron chi connectivity index (χ2n) is 3.83. The highest BCUT2D eigenvalue weighted by molar-refractivity contribution is 8.00. The molecular formula is C11H16N2O3S2. The summed E-state index contributed by atoms with van der Waals surface area (Å²) in [5.74, 6) is -0.545. The fourth-order valence-corrected chi connectivity index (χ4v) is 2.68. The molecule has 7 heteroatoms. The molecule has 1 rings (SSSR count). The zero-order valence-electron chi connectivity index (χ0n) is 10.2. The lowest BCUT2D eigenvalue weighted by Crippen LogP contribution is -2.21. The second kappa shape index (κ2) is 6.77. The summed E-state index contributed by atoms with van der Waals surface area (Å²) < 4.78 is 0. The number of primary amides is 1. The van der Waals surface area contributed by atoms with Gasteiger partial charge in [0, 0.05) is 5.25 Å². The highest BCUT2D eigenvalue weighted by atomic mass is 32.2. The average molecular weight is 288 g/mol. The predicted octanol–water partition coefficient (Wildman–Crippen LogP) is 1.29. The number of hydrogen-bond acceptors (Lipinski definition) is 5. The third kappa shape index (κ3) is 4.32. The molecule has 0 aliphatic carbocycles. The largest absolute Gasteiger partial charge is 0.392 e. The first-order chi connectivity index (χ1) is 8.41. The number of hydrogen-bond donors (Lipinski definition) is 3. The van der Waals surface area contributed by atoms with Crippen LogP contribution in [0.2, 0.25) is 0 Å². The molecule has 2 unspecified atom stereocenters. The van der Waals surface area contributed by atoms with Crippen LogP contribution >= 0.6 is 23.1 Å². The van der Waals surface area contributed by atoms with E-state index in [-0.39, 0.29) is 16.9 Å². The van der Waals surface area contributed by atoms with Crippen molar-refractivity contribution in [1.29, 1.82) is 0 Å². The summed E-state index contributed by atoms with van der Waals surface area (Å²) in [7, 11) is 0. The minimum absolute atomic E-state index is 0.0188. The van der Waals surface area contributed by atoms with Crippen LogP contribution in [0, 0.1) is 0 Å². The van der Waals surface area contributed by atoms with E-state index in [0.717, 1.165) is 0 Å². The van der Waals surface area contributed by atoms with Crippen LogP contribution in [0.4, 0.5) is 5.00 Å². The maximum Gasteiger partial charge on any atom is 0.251 e. The summed E-state index contributed by atoms with van der Waals surface area (Å²) in [5.41, 5.74) is 5.50. The van der Waals surface area contributed by atoms with E-state index in [0.29, 0.717) is 10.6 Å². The van der Waals surface area contributed by atoms with Gasteiger partial charge in [0.2, 0.25) is 5.91 Å². The van der Waals surface area contributed by atoms with Crippen molar-refractivity contribution in [2.45, 2.75) is 25.2 Å². The highest BCUT2D eigenvalue weighted by Gasteiger charge is 2.15. The van der Waals surface area contributed by atoms with Crippen LogP contribution < -0.4 is 11.1 Å². The van der Waals surface area contributed by atoms with Crippen LogP contribution in [0.1, 0.15) is 24.2 Å². The van der Waals surface area contributed by atoms with Gasteiger partial charge in [-0.2, -0.15) is 0 Å². The van der Waals surface area contributed by atoms with Crippen LogP contribution in [0.15, 0.2) is 11.4 Å². The first kappa shape index (κ1) is 15.0. The van der Waals surface area contributed by atoms with Gasteiger partial charge in [-0.1, -0.05) is 6.92 Å². The number of rotatable bonds is 6. The molecule has 0 spiro atoms.